The van der Waals surface area contributed by atoms with Crippen molar-refractivity contribution in [2.75, 3.05) is 6.54 Å². The smallest absolute Gasteiger partial charge is 0.206 e. The Balaban J connectivity index is 1.95. The van der Waals surface area contributed by atoms with E-state index in [2.05, 4.69) is 4.72 Å². The van der Waals surface area contributed by atoms with Crippen LogP contribution in [-0.2, 0) is 16.4 Å². The maximum atomic E-state index is 11.9. The first kappa shape index (κ1) is 12.8. The Morgan fingerprint density at radius 1 is 0.833 bits per heavy atom. The van der Waals surface area contributed by atoms with Gasteiger partial charge in [0.15, 0.2) is 0 Å². The highest BCUT2D eigenvalue weighted by molar-refractivity contribution is 7.89. The third kappa shape index (κ3) is 3.42. The molecule has 0 atom stereocenters. The van der Waals surface area contributed by atoms with E-state index in [0.717, 1.165) is 5.56 Å². The maximum Gasteiger partial charge on any atom is 0.256 e. The molecule has 1 radical (unpaired) electrons. The molecule has 93 valence electrons. The minimum Gasteiger partial charge on any atom is -0.206 e. The van der Waals surface area contributed by atoms with Gasteiger partial charge in [-0.1, -0.05) is 48.5 Å². The first-order chi connectivity index (χ1) is 8.68. The van der Waals surface area contributed by atoms with Crippen LogP contribution in [0.5, 0.6) is 0 Å². The van der Waals surface area contributed by atoms with Crippen LogP contribution in [0.4, 0.5) is 0 Å². The number of benzene rings is 2. The fourth-order valence-corrected chi connectivity index (χ4v) is 2.59. The van der Waals surface area contributed by atoms with Crippen molar-refractivity contribution in [3.05, 3.63) is 66.2 Å². The highest BCUT2D eigenvalue weighted by Gasteiger charge is 2.13. The molecule has 0 amide bonds. The fraction of sp³-hybridized carbons (Fsp3) is 0.143. The number of sulfonamides is 1. The Bertz CT molecular complexity index is 580. The van der Waals surface area contributed by atoms with Gasteiger partial charge in [0.1, 0.15) is 0 Å². The van der Waals surface area contributed by atoms with Crippen molar-refractivity contribution in [1.82, 2.24) is 4.72 Å². The molecule has 0 aliphatic rings. The summed E-state index contributed by atoms with van der Waals surface area (Å²) in [6.45, 7) is 0.279. The highest BCUT2D eigenvalue weighted by atomic mass is 32.2. The summed E-state index contributed by atoms with van der Waals surface area (Å²) in [4.78, 5) is 0.248. The molecule has 0 spiro atoms. The lowest BCUT2D eigenvalue weighted by atomic mass is 10.2. The minimum absolute atomic E-state index is 0.248. The summed E-state index contributed by atoms with van der Waals surface area (Å²) in [6.07, 6.45) is 0.632. The van der Waals surface area contributed by atoms with Gasteiger partial charge in [-0.2, -0.15) is 0 Å². The van der Waals surface area contributed by atoms with Crippen molar-refractivity contribution in [2.24, 2.45) is 0 Å². The van der Waals surface area contributed by atoms with Gasteiger partial charge in [-0.15, -0.1) is 4.72 Å². The SMILES string of the molecule is O=S(=O)([N]CCc1ccccc1)c1ccccc1. The molecule has 0 saturated heterocycles. The van der Waals surface area contributed by atoms with Gasteiger partial charge in [-0.3, -0.25) is 0 Å². The predicted molar refractivity (Wildman–Crippen MR) is 70.8 cm³/mol. The molecule has 0 fully saturated rings. The van der Waals surface area contributed by atoms with Crippen LogP contribution in [-0.4, -0.2) is 15.0 Å². The summed E-state index contributed by atoms with van der Waals surface area (Å²) in [6, 6.07) is 18.0. The molecule has 0 aliphatic heterocycles. The minimum atomic E-state index is -3.51. The summed E-state index contributed by atoms with van der Waals surface area (Å²) in [7, 11) is -3.51. The van der Waals surface area contributed by atoms with E-state index >= 15 is 0 Å². The third-order valence-corrected chi connectivity index (χ3v) is 3.94. The molecule has 2 aromatic carbocycles. The van der Waals surface area contributed by atoms with Gasteiger partial charge in [-0.05, 0) is 24.1 Å². The molecule has 0 heterocycles. The first-order valence-electron chi connectivity index (χ1n) is 5.71. The van der Waals surface area contributed by atoms with E-state index in [4.69, 9.17) is 0 Å². The van der Waals surface area contributed by atoms with Crippen molar-refractivity contribution >= 4 is 10.0 Å². The number of rotatable bonds is 5. The largest absolute Gasteiger partial charge is 0.256 e. The Morgan fingerprint density at radius 3 is 2.00 bits per heavy atom. The number of nitrogens with zero attached hydrogens (tertiary/aromatic N) is 1. The summed E-state index contributed by atoms with van der Waals surface area (Å²) in [5.74, 6) is 0. The van der Waals surface area contributed by atoms with Crippen molar-refractivity contribution in [2.45, 2.75) is 11.3 Å². The van der Waals surface area contributed by atoms with Crippen LogP contribution in [0.1, 0.15) is 5.56 Å². The van der Waals surface area contributed by atoms with Crippen LogP contribution >= 0.6 is 0 Å². The van der Waals surface area contributed by atoms with E-state index in [9.17, 15) is 8.42 Å². The predicted octanol–water partition coefficient (Wildman–Crippen LogP) is 2.22. The van der Waals surface area contributed by atoms with Crippen LogP contribution in [0.15, 0.2) is 65.6 Å². The molecular formula is C14H14NO2S. The zero-order chi connectivity index (χ0) is 12.8. The van der Waals surface area contributed by atoms with E-state index in [-0.39, 0.29) is 11.4 Å². The van der Waals surface area contributed by atoms with E-state index in [0.29, 0.717) is 6.42 Å². The fourth-order valence-electron chi connectivity index (χ4n) is 1.61. The quantitative estimate of drug-likeness (QED) is 0.827. The summed E-state index contributed by atoms with van der Waals surface area (Å²) in [5.41, 5.74) is 1.09. The van der Waals surface area contributed by atoms with Crippen molar-refractivity contribution in [3.63, 3.8) is 0 Å². The van der Waals surface area contributed by atoms with Gasteiger partial charge in [0.25, 0.3) is 10.0 Å². The Hall–Kier alpha value is -1.65. The van der Waals surface area contributed by atoms with E-state index in [1.807, 2.05) is 30.3 Å². The summed E-state index contributed by atoms with van der Waals surface area (Å²) in [5, 5.41) is 0. The molecule has 0 bridgehead atoms. The van der Waals surface area contributed by atoms with Gasteiger partial charge in [0.05, 0.1) is 4.90 Å². The highest BCUT2D eigenvalue weighted by Crippen LogP contribution is 2.08. The summed E-state index contributed by atoms with van der Waals surface area (Å²) >= 11 is 0. The standard InChI is InChI=1S/C14H14NO2S/c16-18(17,14-9-5-2-6-10-14)15-12-11-13-7-3-1-4-8-13/h1-10H,11-12H2. The molecule has 3 nitrogen and oxygen atoms in total. The van der Waals surface area contributed by atoms with Gasteiger partial charge in [0, 0.05) is 6.54 Å². The number of hydrogen-bond donors (Lipinski definition) is 0. The lowest BCUT2D eigenvalue weighted by molar-refractivity contribution is 0.580. The average molecular weight is 260 g/mol. The van der Waals surface area contributed by atoms with Crippen LogP contribution in [0.3, 0.4) is 0 Å². The van der Waals surface area contributed by atoms with Crippen LogP contribution in [0.2, 0.25) is 0 Å². The molecule has 2 rings (SSSR count). The van der Waals surface area contributed by atoms with Crippen LogP contribution < -0.4 is 4.72 Å². The molecular weight excluding hydrogens is 246 g/mol. The zero-order valence-corrected chi connectivity index (χ0v) is 10.7. The molecule has 2 aromatic rings. The maximum absolute atomic E-state index is 11.9. The van der Waals surface area contributed by atoms with Gasteiger partial charge in [-0.25, -0.2) is 8.42 Å². The second-order valence-electron chi connectivity index (χ2n) is 3.88. The molecule has 0 saturated carbocycles. The Kier molecular flexibility index (Phi) is 4.12. The van der Waals surface area contributed by atoms with E-state index in [1.54, 1.807) is 30.3 Å². The number of hydrogen-bond acceptors (Lipinski definition) is 2. The third-order valence-electron chi connectivity index (χ3n) is 2.55. The lowest BCUT2D eigenvalue weighted by Crippen LogP contribution is -2.18. The summed E-state index contributed by atoms with van der Waals surface area (Å²) < 4.78 is 27.5. The normalized spacial score (nSPS) is 11.3. The topological polar surface area (TPSA) is 48.2 Å². The zero-order valence-electron chi connectivity index (χ0n) is 9.86. The second kappa shape index (κ2) is 5.80. The Labute approximate surface area is 108 Å². The van der Waals surface area contributed by atoms with Crippen LogP contribution in [0, 0.1) is 0 Å². The van der Waals surface area contributed by atoms with Crippen molar-refractivity contribution < 1.29 is 8.42 Å². The van der Waals surface area contributed by atoms with Crippen LogP contribution in [0.25, 0.3) is 0 Å². The van der Waals surface area contributed by atoms with Crippen molar-refractivity contribution in [1.29, 1.82) is 0 Å². The van der Waals surface area contributed by atoms with E-state index in [1.165, 1.54) is 0 Å². The van der Waals surface area contributed by atoms with Crippen molar-refractivity contribution in [3.8, 4) is 0 Å². The second-order valence-corrected chi connectivity index (χ2v) is 5.56. The lowest BCUT2D eigenvalue weighted by Gasteiger charge is -2.04. The molecule has 0 unspecified atom stereocenters. The average Bonchev–Trinajstić information content (AvgIpc) is 2.41. The van der Waals surface area contributed by atoms with E-state index < -0.39 is 10.0 Å². The van der Waals surface area contributed by atoms with Gasteiger partial charge >= 0.3 is 0 Å². The first-order valence-corrected chi connectivity index (χ1v) is 7.15. The molecule has 0 aliphatic carbocycles. The molecule has 0 N–H and O–H groups in total. The van der Waals surface area contributed by atoms with Gasteiger partial charge < -0.3 is 0 Å². The molecule has 0 aromatic heterocycles. The Morgan fingerprint density at radius 2 is 1.39 bits per heavy atom. The van der Waals surface area contributed by atoms with Gasteiger partial charge in [0.2, 0.25) is 0 Å². The molecule has 4 heteroatoms. The molecule has 18 heavy (non-hydrogen) atoms. The monoisotopic (exact) mass is 260 g/mol.